The Kier molecular flexibility index (Phi) is 4.40. The topological polar surface area (TPSA) is 40.5 Å². The average Bonchev–Trinajstić information content (AvgIpc) is 2.35. The number of aliphatic hydroxyl groups excluding tert-OH is 1. The molecule has 0 saturated carbocycles. The summed E-state index contributed by atoms with van der Waals surface area (Å²) < 4.78 is 39.4. The van der Waals surface area contributed by atoms with Crippen LogP contribution in [0, 0.1) is 5.92 Å². The molecule has 0 aliphatic heterocycles. The van der Waals surface area contributed by atoms with Crippen LogP contribution in [0.2, 0.25) is 0 Å². The van der Waals surface area contributed by atoms with Crippen LogP contribution in [0.4, 0.5) is 13.2 Å². The van der Waals surface area contributed by atoms with Gasteiger partial charge >= 0.3 is 6.18 Å². The van der Waals surface area contributed by atoms with Gasteiger partial charge in [0.25, 0.3) is 0 Å². The maximum absolute atomic E-state index is 13.1. The molecule has 0 aliphatic rings. The summed E-state index contributed by atoms with van der Waals surface area (Å²) in [6, 6.07) is 6.68. The van der Waals surface area contributed by atoms with Crippen molar-refractivity contribution in [2.45, 2.75) is 38.1 Å². The molecule has 0 aliphatic carbocycles. The summed E-state index contributed by atoms with van der Waals surface area (Å²) in [6.45, 7) is 3.14. The molecular weight excluding hydrogens is 245 g/mol. The third-order valence-electron chi connectivity index (χ3n) is 3.26. The monoisotopic (exact) mass is 262 g/mol. The lowest BCUT2D eigenvalue weighted by Gasteiger charge is -2.37. The van der Waals surface area contributed by atoms with Crippen LogP contribution in [0.5, 0.6) is 0 Å². The molecule has 1 rings (SSSR count). The number of aliphatic hydroxyl groups is 2. The van der Waals surface area contributed by atoms with Gasteiger partial charge in [-0.15, -0.1) is 0 Å². The third-order valence-corrected chi connectivity index (χ3v) is 3.26. The van der Waals surface area contributed by atoms with Gasteiger partial charge in [0.05, 0.1) is 6.10 Å². The zero-order valence-electron chi connectivity index (χ0n) is 10.3. The van der Waals surface area contributed by atoms with E-state index < -0.39 is 23.8 Å². The zero-order chi connectivity index (χ0) is 14.0. The molecule has 1 aromatic rings. The summed E-state index contributed by atoms with van der Waals surface area (Å²) in [7, 11) is 0. The van der Waals surface area contributed by atoms with Crippen molar-refractivity contribution in [2.24, 2.45) is 5.92 Å². The Labute approximate surface area is 104 Å². The molecule has 5 heteroatoms. The van der Waals surface area contributed by atoms with E-state index in [4.69, 9.17) is 0 Å². The molecular formula is C13H17F3O2. The summed E-state index contributed by atoms with van der Waals surface area (Å²) in [5.41, 5.74) is -3.57. The van der Waals surface area contributed by atoms with Gasteiger partial charge < -0.3 is 10.2 Å². The molecule has 0 radical (unpaired) electrons. The van der Waals surface area contributed by atoms with Gasteiger partial charge in [0, 0.05) is 0 Å². The van der Waals surface area contributed by atoms with Crippen LogP contribution < -0.4 is 0 Å². The number of benzene rings is 1. The van der Waals surface area contributed by atoms with Crippen LogP contribution in [0.15, 0.2) is 30.3 Å². The molecule has 0 bridgehead atoms. The minimum atomic E-state index is -4.93. The molecule has 2 nitrogen and oxygen atoms in total. The highest BCUT2D eigenvalue weighted by Crippen LogP contribution is 2.43. The van der Waals surface area contributed by atoms with Crippen LogP contribution in [0.3, 0.4) is 0 Å². The van der Waals surface area contributed by atoms with Gasteiger partial charge in [-0.3, -0.25) is 0 Å². The molecule has 0 heterocycles. The second-order valence-corrected chi connectivity index (χ2v) is 4.46. The maximum Gasteiger partial charge on any atom is 0.424 e. The molecule has 1 unspecified atom stereocenters. The first-order chi connectivity index (χ1) is 8.25. The Morgan fingerprint density at radius 1 is 1.17 bits per heavy atom. The summed E-state index contributed by atoms with van der Waals surface area (Å²) in [6.07, 6.45) is -6.49. The van der Waals surface area contributed by atoms with Gasteiger partial charge in [0.2, 0.25) is 5.60 Å². The predicted octanol–water partition coefficient (Wildman–Crippen LogP) is 2.84. The van der Waals surface area contributed by atoms with Crippen LogP contribution in [-0.2, 0) is 5.60 Å². The van der Waals surface area contributed by atoms with E-state index in [2.05, 4.69) is 0 Å². The van der Waals surface area contributed by atoms with Crippen molar-refractivity contribution in [3.05, 3.63) is 35.9 Å². The SMILES string of the molecule is CCC(C)[C@H](O)[C@](O)(c1ccccc1)C(F)(F)F. The molecule has 102 valence electrons. The van der Waals surface area contributed by atoms with E-state index in [9.17, 15) is 23.4 Å². The summed E-state index contributed by atoms with van der Waals surface area (Å²) in [4.78, 5) is 0. The van der Waals surface area contributed by atoms with Gasteiger partial charge in [-0.1, -0.05) is 50.6 Å². The highest BCUT2D eigenvalue weighted by Gasteiger charge is 2.60. The summed E-state index contributed by atoms with van der Waals surface area (Å²) in [5, 5.41) is 19.9. The van der Waals surface area contributed by atoms with E-state index in [0.717, 1.165) is 0 Å². The molecule has 0 fully saturated rings. The van der Waals surface area contributed by atoms with E-state index in [1.54, 1.807) is 13.0 Å². The van der Waals surface area contributed by atoms with Gasteiger partial charge in [0.15, 0.2) is 0 Å². The Hall–Kier alpha value is -1.07. The fraction of sp³-hybridized carbons (Fsp3) is 0.538. The number of hydrogen-bond donors (Lipinski definition) is 2. The van der Waals surface area contributed by atoms with Crippen molar-refractivity contribution in [3.8, 4) is 0 Å². The van der Waals surface area contributed by atoms with E-state index >= 15 is 0 Å². The maximum atomic E-state index is 13.1. The zero-order valence-corrected chi connectivity index (χ0v) is 10.3. The largest absolute Gasteiger partial charge is 0.424 e. The average molecular weight is 262 g/mol. The number of halogens is 3. The smallest absolute Gasteiger partial charge is 0.389 e. The predicted molar refractivity (Wildman–Crippen MR) is 61.9 cm³/mol. The molecule has 3 atom stereocenters. The normalized spacial score (nSPS) is 19.1. The minimum Gasteiger partial charge on any atom is -0.389 e. The fourth-order valence-corrected chi connectivity index (χ4v) is 1.83. The van der Waals surface area contributed by atoms with E-state index in [0.29, 0.717) is 6.42 Å². The van der Waals surface area contributed by atoms with Crippen LogP contribution in [0.25, 0.3) is 0 Å². The lowest BCUT2D eigenvalue weighted by molar-refractivity contribution is -0.304. The highest BCUT2D eigenvalue weighted by atomic mass is 19.4. The van der Waals surface area contributed by atoms with E-state index in [-0.39, 0.29) is 5.56 Å². The lowest BCUT2D eigenvalue weighted by atomic mass is 9.80. The number of alkyl halides is 3. The van der Waals surface area contributed by atoms with Crippen LogP contribution >= 0.6 is 0 Å². The quantitative estimate of drug-likeness (QED) is 0.876. The van der Waals surface area contributed by atoms with E-state index in [1.807, 2.05) is 0 Å². The van der Waals surface area contributed by atoms with Gasteiger partial charge in [-0.2, -0.15) is 13.2 Å². The van der Waals surface area contributed by atoms with Crippen molar-refractivity contribution in [1.82, 2.24) is 0 Å². The van der Waals surface area contributed by atoms with Crippen molar-refractivity contribution in [2.75, 3.05) is 0 Å². The Bertz CT molecular complexity index is 378. The van der Waals surface area contributed by atoms with Crippen LogP contribution in [-0.4, -0.2) is 22.5 Å². The van der Waals surface area contributed by atoms with Gasteiger partial charge in [-0.25, -0.2) is 0 Å². The van der Waals surface area contributed by atoms with Crippen molar-refractivity contribution in [3.63, 3.8) is 0 Å². The Morgan fingerprint density at radius 2 is 1.67 bits per heavy atom. The van der Waals surface area contributed by atoms with E-state index in [1.165, 1.54) is 31.2 Å². The van der Waals surface area contributed by atoms with Crippen molar-refractivity contribution in [1.29, 1.82) is 0 Å². The second kappa shape index (κ2) is 5.28. The highest BCUT2D eigenvalue weighted by molar-refractivity contribution is 5.26. The Balaban J connectivity index is 3.29. The molecule has 1 aromatic carbocycles. The summed E-state index contributed by atoms with van der Waals surface area (Å²) >= 11 is 0. The molecule has 2 N–H and O–H groups in total. The second-order valence-electron chi connectivity index (χ2n) is 4.46. The lowest BCUT2D eigenvalue weighted by Crippen LogP contribution is -2.54. The van der Waals surface area contributed by atoms with Crippen molar-refractivity contribution >= 4 is 0 Å². The molecule has 0 saturated heterocycles. The molecule has 0 spiro atoms. The van der Waals surface area contributed by atoms with Gasteiger partial charge in [-0.05, 0) is 11.5 Å². The molecule has 0 amide bonds. The number of hydrogen-bond acceptors (Lipinski definition) is 2. The van der Waals surface area contributed by atoms with Crippen molar-refractivity contribution < 1.29 is 23.4 Å². The third kappa shape index (κ3) is 2.52. The molecule has 0 aromatic heterocycles. The number of rotatable bonds is 4. The standard InChI is InChI=1S/C13H17F3O2/c1-3-9(2)11(17)12(18,13(14,15)16)10-7-5-4-6-8-10/h4-9,11,17-18H,3H2,1-2H3/t9?,11-,12+/m0/s1. The van der Waals surface area contributed by atoms with Gasteiger partial charge in [0.1, 0.15) is 0 Å². The Morgan fingerprint density at radius 3 is 2.06 bits per heavy atom. The first kappa shape index (κ1) is 15.0. The van der Waals surface area contributed by atoms with Crippen LogP contribution in [0.1, 0.15) is 25.8 Å². The first-order valence-corrected chi connectivity index (χ1v) is 5.77. The summed E-state index contributed by atoms with van der Waals surface area (Å²) in [5.74, 6) is -0.670. The fourth-order valence-electron chi connectivity index (χ4n) is 1.83. The first-order valence-electron chi connectivity index (χ1n) is 5.77. The molecule has 18 heavy (non-hydrogen) atoms. The minimum absolute atomic E-state index is 0.340.